The van der Waals surface area contributed by atoms with Gasteiger partial charge in [-0.1, -0.05) is 23.2 Å². The summed E-state index contributed by atoms with van der Waals surface area (Å²) in [5.41, 5.74) is 0.513. The summed E-state index contributed by atoms with van der Waals surface area (Å²) in [6.45, 7) is 0. The zero-order chi connectivity index (χ0) is 13.3. The van der Waals surface area contributed by atoms with Gasteiger partial charge in [-0.05, 0) is 24.6 Å². The van der Waals surface area contributed by atoms with Crippen LogP contribution in [0.15, 0.2) is 18.2 Å². The second-order valence-electron chi connectivity index (χ2n) is 4.22. The van der Waals surface area contributed by atoms with Gasteiger partial charge in [0.05, 0.1) is 27.5 Å². The van der Waals surface area contributed by atoms with Crippen LogP contribution in [0, 0.1) is 5.92 Å². The molecule has 1 N–H and O–H groups in total. The smallest absolute Gasteiger partial charge is 0.228 e. The molecule has 18 heavy (non-hydrogen) atoms. The Morgan fingerprint density at radius 3 is 2.56 bits per heavy atom. The molecule has 1 saturated heterocycles. The van der Waals surface area contributed by atoms with Crippen molar-refractivity contribution in [2.75, 3.05) is 16.8 Å². The number of anilines is 1. The quantitative estimate of drug-likeness (QED) is 0.912. The second-order valence-corrected chi connectivity index (χ2v) is 7.26. The minimum atomic E-state index is -3.06. The molecule has 0 aromatic heterocycles. The fourth-order valence-corrected chi connectivity index (χ4v) is 3.86. The van der Waals surface area contributed by atoms with E-state index in [1.807, 2.05) is 0 Å². The van der Waals surface area contributed by atoms with Crippen LogP contribution >= 0.6 is 23.2 Å². The Labute approximate surface area is 115 Å². The van der Waals surface area contributed by atoms with Gasteiger partial charge in [-0.15, -0.1) is 0 Å². The largest absolute Gasteiger partial charge is 0.326 e. The number of amides is 1. The predicted octanol–water partition coefficient (Wildman–Crippen LogP) is 2.37. The first-order valence-corrected chi connectivity index (χ1v) is 7.91. The molecule has 1 amide bonds. The first kappa shape index (κ1) is 13.6. The minimum absolute atomic E-state index is 0.0759. The number of hydrogen-bond donors (Lipinski definition) is 1. The zero-order valence-electron chi connectivity index (χ0n) is 9.32. The van der Waals surface area contributed by atoms with Gasteiger partial charge in [-0.2, -0.15) is 0 Å². The summed E-state index contributed by atoms with van der Waals surface area (Å²) >= 11 is 11.6. The number of nitrogens with one attached hydrogen (secondary N) is 1. The lowest BCUT2D eigenvalue weighted by Crippen LogP contribution is -2.23. The number of rotatable bonds is 2. The number of carbonyl (C=O) groups is 1. The molecule has 1 aromatic carbocycles. The molecule has 1 fully saturated rings. The van der Waals surface area contributed by atoms with E-state index in [9.17, 15) is 13.2 Å². The molecule has 1 aliphatic rings. The van der Waals surface area contributed by atoms with Gasteiger partial charge in [0.1, 0.15) is 0 Å². The summed E-state index contributed by atoms with van der Waals surface area (Å²) in [7, 11) is -3.06. The molecular weight excluding hydrogens is 297 g/mol. The van der Waals surface area contributed by atoms with Gasteiger partial charge in [0.2, 0.25) is 5.91 Å². The second kappa shape index (κ2) is 5.07. The first-order valence-electron chi connectivity index (χ1n) is 5.34. The van der Waals surface area contributed by atoms with E-state index in [0.717, 1.165) is 0 Å². The van der Waals surface area contributed by atoms with Gasteiger partial charge in [0.15, 0.2) is 9.84 Å². The molecule has 1 atom stereocenters. The molecular formula is C11H11Cl2NO3S. The highest BCUT2D eigenvalue weighted by Crippen LogP contribution is 2.26. The predicted molar refractivity (Wildman–Crippen MR) is 71.9 cm³/mol. The zero-order valence-corrected chi connectivity index (χ0v) is 11.6. The normalized spacial score (nSPS) is 21.8. The van der Waals surface area contributed by atoms with Crippen LogP contribution in [0.5, 0.6) is 0 Å². The van der Waals surface area contributed by atoms with E-state index in [4.69, 9.17) is 23.2 Å². The van der Waals surface area contributed by atoms with Crippen molar-refractivity contribution in [2.45, 2.75) is 6.42 Å². The lowest BCUT2D eigenvalue weighted by atomic mass is 10.1. The molecule has 0 unspecified atom stereocenters. The van der Waals surface area contributed by atoms with E-state index in [2.05, 4.69) is 5.32 Å². The van der Waals surface area contributed by atoms with E-state index < -0.39 is 15.8 Å². The topological polar surface area (TPSA) is 63.2 Å². The number of hydrogen-bond acceptors (Lipinski definition) is 3. The van der Waals surface area contributed by atoms with Crippen molar-refractivity contribution in [3.63, 3.8) is 0 Å². The molecule has 98 valence electrons. The highest BCUT2D eigenvalue weighted by atomic mass is 35.5. The van der Waals surface area contributed by atoms with Crippen molar-refractivity contribution in [1.82, 2.24) is 0 Å². The summed E-state index contributed by atoms with van der Waals surface area (Å²) in [5, 5.41) is 3.39. The average Bonchev–Trinajstić information content (AvgIpc) is 2.64. The minimum Gasteiger partial charge on any atom is -0.326 e. The van der Waals surface area contributed by atoms with Crippen molar-refractivity contribution in [3.05, 3.63) is 28.2 Å². The van der Waals surface area contributed by atoms with E-state index in [1.54, 1.807) is 12.1 Å². The summed E-state index contributed by atoms with van der Waals surface area (Å²) in [4.78, 5) is 11.8. The van der Waals surface area contributed by atoms with E-state index in [0.29, 0.717) is 22.2 Å². The Balaban J connectivity index is 2.06. The molecule has 1 aliphatic heterocycles. The molecule has 0 saturated carbocycles. The molecule has 1 heterocycles. The average molecular weight is 308 g/mol. The first-order chi connectivity index (χ1) is 8.37. The maximum atomic E-state index is 11.8. The third-order valence-electron chi connectivity index (χ3n) is 2.79. The van der Waals surface area contributed by atoms with E-state index in [-0.39, 0.29) is 17.4 Å². The van der Waals surface area contributed by atoms with Crippen LogP contribution in [0.2, 0.25) is 10.0 Å². The summed E-state index contributed by atoms with van der Waals surface area (Å²) in [6, 6.07) is 4.73. The third kappa shape index (κ3) is 3.16. The van der Waals surface area contributed by atoms with Gasteiger partial charge in [-0.25, -0.2) is 8.42 Å². The lowest BCUT2D eigenvalue weighted by molar-refractivity contribution is -0.119. The number of sulfone groups is 1. The fourth-order valence-electron chi connectivity index (χ4n) is 1.82. The molecule has 0 radical (unpaired) electrons. The van der Waals surface area contributed by atoms with Crippen molar-refractivity contribution >= 4 is 44.6 Å². The molecule has 7 heteroatoms. The lowest BCUT2D eigenvalue weighted by Gasteiger charge is -2.10. The van der Waals surface area contributed by atoms with Crippen LogP contribution in [0.1, 0.15) is 6.42 Å². The molecule has 4 nitrogen and oxygen atoms in total. The van der Waals surface area contributed by atoms with Crippen LogP contribution < -0.4 is 5.32 Å². The maximum Gasteiger partial charge on any atom is 0.228 e. The number of carbonyl (C=O) groups excluding carboxylic acids is 1. The van der Waals surface area contributed by atoms with Crippen LogP contribution in [0.3, 0.4) is 0 Å². The Bertz CT molecular complexity index is 586. The summed E-state index contributed by atoms with van der Waals surface area (Å²) in [5.74, 6) is -0.786. The molecule has 0 aliphatic carbocycles. The van der Waals surface area contributed by atoms with Gasteiger partial charge >= 0.3 is 0 Å². The highest BCUT2D eigenvalue weighted by Gasteiger charge is 2.32. The summed E-state index contributed by atoms with van der Waals surface area (Å²) < 4.78 is 22.6. The Morgan fingerprint density at radius 2 is 2.00 bits per heavy atom. The Hall–Kier alpha value is -0.780. The number of benzene rings is 1. The fraction of sp³-hybridized carbons (Fsp3) is 0.364. The standard InChI is InChI=1S/C11H11Cl2NO3S/c12-9-2-1-8(5-10(9)13)14-11(15)7-3-4-18(16,17)6-7/h1-2,5,7H,3-4,6H2,(H,14,15)/t7-/m0/s1. The van der Waals surface area contributed by atoms with Crippen molar-refractivity contribution in [3.8, 4) is 0 Å². The Morgan fingerprint density at radius 1 is 1.28 bits per heavy atom. The molecule has 0 bridgehead atoms. The van der Waals surface area contributed by atoms with Gasteiger partial charge in [0.25, 0.3) is 0 Å². The van der Waals surface area contributed by atoms with Gasteiger partial charge in [-0.3, -0.25) is 4.79 Å². The molecule has 0 spiro atoms. The molecule has 1 aromatic rings. The van der Waals surface area contributed by atoms with Crippen LogP contribution in [-0.4, -0.2) is 25.8 Å². The Kier molecular flexibility index (Phi) is 3.84. The van der Waals surface area contributed by atoms with Gasteiger partial charge in [0, 0.05) is 5.69 Å². The monoisotopic (exact) mass is 307 g/mol. The SMILES string of the molecule is O=C(Nc1ccc(Cl)c(Cl)c1)[C@H]1CCS(=O)(=O)C1. The number of halogens is 2. The van der Waals surface area contributed by atoms with E-state index >= 15 is 0 Å². The molecule has 2 rings (SSSR count). The third-order valence-corrected chi connectivity index (χ3v) is 5.30. The van der Waals surface area contributed by atoms with Crippen molar-refractivity contribution in [1.29, 1.82) is 0 Å². The van der Waals surface area contributed by atoms with Crippen LogP contribution in [0.4, 0.5) is 5.69 Å². The van der Waals surface area contributed by atoms with E-state index in [1.165, 1.54) is 6.07 Å². The van der Waals surface area contributed by atoms with Crippen LogP contribution in [-0.2, 0) is 14.6 Å². The van der Waals surface area contributed by atoms with Crippen molar-refractivity contribution < 1.29 is 13.2 Å². The highest BCUT2D eigenvalue weighted by molar-refractivity contribution is 7.91. The van der Waals surface area contributed by atoms with Gasteiger partial charge < -0.3 is 5.32 Å². The van der Waals surface area contributed by atoms with Crippen LogP contribution in [0.25, 0.3) is 0 Å². The van der Waals surface area contributed by atoms with Crippen molar-refractivity contribution in [2.24, 2.45) is 5.92 Å². The maximum absolute atomic E-state index is 11.8. The summed E-state index contributed by atoms with van der Waals surface area (Å²) in [6.07, 6.45) is 0.371.